The number of nitrogens with one attached hydrogen (secondary N) is 1. The van der Waals surface area contributed by atoms with Gasteiger partial charge >= 0.3 is 0 Å². The molecule has 1 aliphatic heterocycles. The third-order valence-electron chi connectivity index (χ3n) is 2.79. The second-order valence-electron chi connectivity index (χ2n) is 4.42. The van der Waals surface area contributed by atoms with E-state index in [1.807, 2.05) is 13.8 Å². The molecule has 4 nitrogen and oxygen atoms in total. The second kappa shape index (κ2) is 6.86. The highest BCUT2D eigenvalue weighted by atomic mass is 19.3. The average Bonchev–Trinajstić information content (AvgIpc) is 2.27. The molecule has 100 valence electrons. The molecule has 6 heteroatoms. The molecule has 0 aromatic carbocycles. The van der Waals surface area contributed by atoms with Crippen molar-refractivity contribution in [1.29, 1.82) is 0 Å². The lowest BCUT2D eigenvalue weighted by atomic mass is 10.1. The van der Waals surface area contributed by atoms with Gasteiger partial charge in [0.2, 0.25) is 5.91 Å². The summed E-state index contributed by atoms with van der Waals surface area (Å²) in [6.07, 6.45) is -2.30. The van der Waals surface area contributed by atoms with E-state index in [1.165, 1.54) is 0 Å². The number of nitrogens with zero attached hydrogens (tertiary/aromatic N) is 1. The molecule has 2 atom stereocenters. The van der Waals surface area contributed by atoms with Crippen LogP contribution in [0.2, 0.25) is 0 Å². The maximum absolute atomic E-state index is 11.8. The van der Waals surface area contributed by atoms with Crippen LogP contribution in [0.15, 0.2) is 0 Å². The number of piperazine rings is 1. The van der Waals surface area contributed by atoms with Crippen LogP contribution in [0.4, 0.5) is 8.78 Å². The lowest BCUT2D eigenvalue weighted by molar-refractivity contribution is -0.136. The Balaban J connectivity index is 2.26. The number of hydrogen-bond acceptors (Lipinski definition) is 3. The highest BCUT2D eigenvalue weighted by molar-refractivity contribution is 5.76. The first-order valence-electron chi connectivity index (χ1n) is 5.89. The first-order valence-corrected chi connectivity index (χ1v) is 5.89. The van der Waals surface area contributed by atoms with Crippen molar-refractivity contribution < 1.29 is 18.3 Å². The highest BCUT2D eigenvalue weighted by Crippen LogP contribution is 2.08. The number of alkyl halides is 2. The lowest BCUT2D eigenvalue weighted by Gasteiger charge is -2.37. The van der Waals surface area contributed by atoms with Crippen molar-refractivity contribution in [2.75, 3.05) is 26.3 Å². The Labute approximate surface area is 100 Å². The van der Waals surface area contributed by atoms with Crippen molar-refractivity contribution in [3.8, 4) is 0 Å². The van der Waals surface area contributed by atoms with Crippen molar-refractivity contribution in [2.45, 2.75) is 38.8 Å². The zero-order valence-corrected chi connectivity index (χ0v) is 10.3. The van der Waals surface area contributed by atoms with Gasteiger partial charge in [-0.2, -0.15) is 0 Å². The number of ether oxygens (including phenoxy) is 1. The summed E-state index contributed by atoms with van der Waals surface area (Å²) in [5, 5.41) is 3.27. The number of amides is 1. The predicted octanol–water partition coefficient (Wildman–Crippen LogP) is 0.867. The van der Waals surface area contributed by atoms with E-state index in [2.05, 4.69) is 5.32 Å². The first-order chi connectivity index (χ1) is 8.00. The molecule has 2 unspecified atom stereocenters. The summed E-state index contributed by atoms with van der Waals surface area (Å²) in [6, 6.07) is 0.422. The largest absolute Gasteiger partial charge is 0.375 e. The Morgan fingerprint density at radius 2 is 2.24 bits per heavy atom. The molecule has 17 heavy (non-hydrogen) atoms. The van der Waals surface area contributed by atoms with Gasteiger partial charge < -0.3 is 15.0 Å². The molecule has 1 saturated heterocycles. The van der Waals surface area contributed by atoms with Gasteiger partial charge in [0.25, 0.3) is 6.43 Å². The van der Waals surface area contributed by atoms with E-state index in [4.69, 9.17) is 4.74 Å². The van der Waals surface area contributed by atoms with Gasteiger partial charge in [-0.15, -0.1) is 0 Å². The zero-order chi connectivity index (χ0) is 12.8. The van der Waals surface area contributed by atoms with Crippen molar-refractivity contribution in [2.24, 2.45) is 0 Å². The van der Waals surface area contributed by atoms with Crippen LogP contribution in [0, 0.1) is 0 Å². The Kier molecular flexibility index (Phi) is 5.77. The number of halogens is 2. The van der Waals surface area contributed by atoms with E-state index < -0.39 is 13.0 Å². The predicted molar refractivity (Wildman–Crippen MR) is 60.1 cm³/mol. The van der Waals surface area contributed by atoms with Crippen LogP contribution in [0.25, 0.3) is 0 Å². The second-order valence-corrected chi connectivity index (χ2v) is 4.42. The van der Waals surface area contributed by atoms with E-state index in [1.54, 1.807) is 4.90 Å². The molecule has 0 spiro atoms. The molecule has 1 heterocycles. The van der Waals surface area contributed by atoms with Gasteiger partial charge in [0.1, 0.15) is 6.61 Å². The van der Waals surface area contributed by atoms with Crippen molar-refractivity contribution in [3.63, 3.8) is 0 Å². The fourth-order valence-electron chi connectivity index (χ4n) is 1.84. The minimum Gasteiger partial charge on any atom is -0.375 e. The molecule has 0 bridgehead atoms. The highest BCUT2D eigenvalue weighted by Gasteiger charge is 2.25. The minimum absolute atomic E-state index is 0.0277. The summed E-state index contributed by atoms with van der Waals surface area (Å²) in [6.45, 7) is 4.88. The number of carbonyl (C=O) groups excluding carboxylic acids is 1. The van der Waals surface area contributed by atoms with Gasteiger partial charge in [-0.05, 0) is 13.8 Å². The molecule has 0 radical (unpaired) electrons. The third-order valence-corrected chi connectivity index (χ3v) is 2.79. The van der Waals surface area contributed by atoms with Crippen molar-refractivity contribution >= 4 is 5.91 Å². The number of carbonyl (C=O) groups is 1. The summed E-state index contributed by atoms with van der Waals surface area (Å²) < 4.78 is 28.3. The van der Waals surface area contributed by atoms with Crippen LogP contribution < -0.4 is 5.32 Å². The Morgan fingerprint density at radius 1 is 1.53 bits per heavy atom. The van der Waals surface area contributed by atoms with E-state index >= 15 is 0 Å². The Bertz CT molecular complexity index is 252. The quantitative estimate of drug-likeness (QED) is 0.736. The molecular weight excluding hydrogens is 230 g/mol. The number of hydrogen-bond donors (Lipinski definition) is 1. The van der Waals surface area contributed by atoms with Crippen LogP contribution in [0.1, 0.15) is 20.3 Å². The van der Waals surface area contributed by atoms with Gasteiger partial charge in [-0.25, -0.2) is 8.78 Å². The van der Waals surface area contributed by atoms with Crippen LogP contribution in [-0.4, -0.2) is 55.6 Å². The Hall–Kier alpha value is -0.750. The Morgan fingerprint density at radius 3 is 2.88 bits per heavy atom. The summed E-state index contributed by atoms with van der Waals surface area (Å²) in [4.78, 5) is 13.6. The smallest absolute Gasteiger partial charge is 0.261 e. The summed E-state index contributed by atoms with van der Waals surface area (Å²) in [5.41, 5.74) is 0. The molecule has 1 amide bonds. The molecule has 0 aromatic heterocycles. The molecule has 1 aliphatic rings. The van der Waals surface area contributed by atoms with E-state index in [0.717, 1.165) is 6.54 Å². The van der Waals surface area contributed by atoms with E-state index in [0.29, 0.717) is 6.54 Å². The zero-order valence-electron chi connectivity index (χ0n) is 10.3. The van der Waals surface area contributed by atoms with Gasteiger partial charge in [0.05, 0.1) is 13.0 Å². The van der Waals surface area contributed by atoms with E-state index in [9.17, 15) is 13.6 Å². The molecule has 0 saturated carbocycles. The first kappa shape index (κ1) is 14.3. The number of rotatable bonds is 5. The van der Waals surface area contributed by atoms with Gasteiger partial charge in [-0.1, -0.05) is 0 Å². The average molecular weight is 250 g/mol. The standard InChI is InChI=1S/C11H20F2N2O2/c1-8-6-15(9(2)5-14-8)11(16)3-4-17-7-10(12)13/h8-10,14H,3-7H2,1-2H3. The van der Waals surface area contributed by atoms with Crippen molar-refractivity contribution in [3.05, 3.63) is 0 Å². The fraction of sp³-hybridized carbons (Fsp3) is 0.909. The van der Waals surface area contributed by atoms with Gasteiger partial charge in [0, 0.05) is 25.2 Å². The minimum atomic E-state index is -2.47. The van der Waals surface area contributed by atoms with Gasteiger partial charge in [0.15, 0.2) is 0 Å². The maximum Gasteiger partial charge on any atom is 0.261 e. The van der Waals surface area contributed by atoms with Crippen LogP contribution in [0.5, 0.6) is 0 Å². The van der Waals surface area contributed by atoms with E-state index in [-0.39, 0.29) is 31.0 Å². The van der Waals surface area contributed by atoms with Gasteiger partial charge in [-0.3, -0.25) is 4.79 Å². The summed E-state index contributed by atoms with van der Waals surface area (Å²) in [7, 11) is 0. The normalized spacial score (nSPS) is 25.4. The van der Waals surface area contributed by atoms with Crippen molar-refractivity contribution in [1.82, 2.24) is 10.2 Å². The molecule has 0 aliphatic carbocycles. The third kappa shape index (κ3) is 4.95. The molecule has 1 fully saturated rings. The fourth-order valence-corrected chi connectivity index (χ4v) is 1.84. The summed E-state index contributed by atoms with van der Waals surface area (Å²) in [5.74, 6) is -0.0277. The molecule has 0 aromatic rings. The monoisotopic (exact) mass is 250 g/mol. The van der Waals surface area contributed by atoms with Crippen LogP contribution in [-0.2, 0) is 9.53 Å². The molecular formula is C11H20F2N2O2. The molecule has 1 N–H and O–H groups in total. The topological polar surface area (TPSA) is 41.6 Å². The van der Waals surface area contributed by atoms with Crippen LogP contribution >= 0.6 is 0 Å². The molecule has 1 rings (SSSR count). The van der Waals surface area contributed by atoms with Crippen LogP contribution in [0.3, 0.4) is 0 Å². The SMILES string of the molecule is CC1CN(C(=O)CCOCC(F)F)C(C)CN1. The summed E-state index contributed by atoms with van der Waals surface area (Å²) >= 11 is 0. The maximum atomic E-state index is 11.8. The lowest BCUT2D eigenvalue weighted by Crippen LogP contribution is -2.56.